The van der Waals surface area contributed by atoms with Gasteiger partial charge >= 0.3 is 6.03 Å². The van der Waals surface area contributed by atoms with Gasteiger partial charge in [-0.05, 0) is 31.4 Å². The number of fused-ring (bicyclic) bond motifs is 1. The lowest BCUT2D eigenvalue weighted by Gasteiger charge is -2.14. The molecule has 162 valence electrons. The van der Waals surface area contributed by atoms with Crippen LogP contribution in [0.4, 0.5) is 16.3 Å². The van der Waals surface area contributed by atoms with E-state index in [9.17, 15) is 9.59 Å². The van der Waals surface area contributed by atoms with Gasteiger partial charge in [-0.3, -0.25) is 15.1 Å². The van der Waals surface area contributed by atoms with E-state index in [2.05, 4.69) is 25.7 Å². The fourth-order valence-electron chi connectivity index (χ4n) is 3.51. The summed E-state index contributed by atoms with van der Waals surface area (Å²) >= 11 is 0. The Morgan fingerprint density at radius 2 is 2.00 bits per heavy atom. The first-order valence-corrected chi connectivity index (χ1v) is 10.2. The van der Waals surface area contributed by atoms with Crippen molar-refractivity contribution in [3.8, 4) is 11.7 Å². The fraction of sp³-hybridized carbons (Fsp3) is 0.364. The van der Waals surface area contributed by atoms with E-state index in [4.69, 9.17) is 4.74 Å². The van der Waals surface area contributed by atoms with E-state index >= 15 is 0 Å². The van der Waals surface area contributed by atoms with Gasteiger partial charge < -0.3 is 10.1 Å². The maximum absolute atomic E-state index is 12.7. The van der Waals surface area contributed by atoms with Crippen LogP contribution in [0.5, 0.6) is 5.75 Å². The third kappa shape index (κ3) is 4.30. The molecule has 0 bridgehead atoms. The van der Waals surface area contributed by atoms with Gasteiger partial charge in [-0.1, -0.05) is 26.8 Å². The molecule has 0 spiro atoms. The molecule has 4 rings (SSSR count). The minimum absolute atomic E-state index is 0.155. The van der Waals surface area contributed by atoms with Crippen LogP contribution >= 0.6 is 0 Å². The van der Waals surface area contributed by atoms with Crippen molar-refractivity contribution in [1.29, 1.82) is 0 Å². The standard InChI is InChI=1S/C22H26N6O3/c1-22(2,3)17-12-18(25-21(30)23-13-7-5-8-14(11-13)31-4)28(27-17)20-24-16-10-6-9-15(16)19(29)26-20/h5,7-8,11-12H,6,9-10H2,1-4H3,(H2,23,25,30)(H,24,26,29). The van der Waals surface area contributed by atoms with Crippen LogP contribution in [0.3, 0.4) is 0 Å². The largest absolute Gasteiger partial charge is 0.497 e. The predicted octanol–water partition coefficient (Wildman–Crippen LogP) is 3.39. The van der Waals surface area contributed by atoms with E-state index in [0.717, 1.165) is 36.2 Å². The van der Waals surface area contributed by atoms with Crippen molar-refractivity contribution < 1.29 is 9.53 Å². The molecule has 0 fully saturated rings. The highest BCUT2D eigenvalue weighted by molar-refractivity contribution is 5.99. The molecule has 0 radical (unpaired) electrons. The van der Waals surface area contributed by atoms with Gasteiger partial charge in [0, 0.05) is 28.8 Å². The van der Waals surface area contributed by atoms with Gasteiger partial charge in [0.25, 0.3) is 5.56 Å². The quantitative estimate of drug-likeness (QED) is 0.596. The molecule has 0 atom stereocenters. The lowest BCUT2D eigenvalue weighted by atomic mass is 9.92. The van der Waals surface area contributed by atoms with Gasteiger partial charge in [-0.25, -0.2) is 9.78 Å². The Hall–Kier alpha value is -3.62. The van der Waals surface area contributed by atoms with E-state index < -0.39 is 6.03 Å². The number of anilines is 2. The Morgan fingerprint density at radius 3 is 2.74 bits per heavy atom. The zero-order valence-electron chi connectivity index (χ0n) is 18.1. The van der Waals surface area contributed by atoms with Gasteiger partial charge in [0.05, 0.1) is 18.5 Å². The zero-order valence-corrected chi connectivity index (χ0v) is 18.1. The first-order valence-electron chi connectivity index (χ1n) is 10.2. The number of aromatic nitrogens is 4. The number of ether oxygens (including phenoxy) is 1. The minimum Gasteiger partial charge on any atom is -0.497 e. The number of carbonyl (C=O) groups excluding carboxylic acids is 1. The van der Waals surface area contributed by atoms with Crippen molar-refractivity contribution in [2.75, 3.05) is 17.7 Å². The van der Waals surface area contributed by atoms with Gasteiger partial charge in [-0.15, -0.1) is 0 Å². The molecule has 2 heterocycles. The molecule has 0 unspecified atom stereocenters. The van der Waals surface area contributed by atoms with Crippen molar-refractivity contribution in [3.05, 3.63) is 57.6 Å². The Labute approximate surface area is 179 Å². The fourth-order valence-corrected chi connectivity index (χ4v) is 3.51. The Bertz CT molecular complexity index is 1190. The minimum atomic E-state index is -0.446. The van der Waals surface area contributed by atoms with Crippen LogP contribution < -0.4 is 20.9 Å². The second kappa shape index (κ2) is 7.90. The number of amides is 2. The molecule has 3 aromatic rings. The first kappa shape index (κ1) is 20.6. The lowest BCUT2D eigenvalue weighted by Crippen LogP contribution is -2.23. The van der Waals surface area contributed by atoms with Crippen LogP contribution in [0.2, 0.25) is 0 Å². The average Bonchev–Trinajstić information content (AvgIpc) is 3.35. The number of rotatable bonds is 4. The molecule has 1 aromatic carbocycles. The number of hydrogen-bond donors (Lipinski definition) is 3. The third-order valence-electron chi connectivity index (χ3n) is 5.18. The monoisotopic (exact) mass is 422 g/mol. The topological polar surface area (TPSA) is 114 Å². The number of methoxy groups -OCH3 is 1. The number of aromatic amines is 1. The molecule has 2 aromatic heterocycles. The molecular formula is C22H26N6O3. The van der Waals surface area contributed by atoms with Crippen LogP contribution in [-0.2, 0) is 18.3 Å². The van der Waals surface area contributed by atoms with Gasteiger partial charge in [0.2, 0.25) is 5.95 Å². The molecular weight excluding hydrogens is 396 g/mol. The lowest BCUT2D eigenvalue weighted by molar-refractivity contribution is 0.262. The third-order valence-corrected chi connectivity index (χ3v) is 5.18. The molecule has 1 aliphatic rings. The molecule has 0 saturated carbocycles. The highest BCUT2D eigenvalue weighted by Crippen LogP contribution is 2.26. The Morgan fingerprint density at radius 1 is 1.19 bits per heavy atom. The number of aryl methyl sites for hydroxylation is 1. The van der Waals surface area contributed by atoms with Crippen LogP contribution in [0, 0.1) is 0 Å². The van der Waals surface area contributed by atoms with Crippen LogP contribution in [0.25, 0.3) is 5.95 Å². The predicted molar refractivity (Wildman–Crippen MR) is 118 cm³/mol. The molecule has 9 heteroatoms. The summed E-state index contributed by atoms with van der Waals surface area (Å²) in [7, 11) is 1.57. The number of H-pyrrole nitrogens is 1. The highest BCUT2D eigenvalue weighted by atomic mass is 16.5. The number of hydrogen-bond acceptors (Lipinski definition) is 5. The van der Waals surface area contributed by atoms with E-state index in [1.165, 1.54) is 4.68 Å². The number of carbonyl (C=O) groups is 1. The summed E-state index contributed by atoms with van der Waals surface area (Å²) in [5.74, 6) is 1.34. The van der Waals surface area contributed by atoms with Crippen LogP contribution in [0.15, 0.2) is 35.1 Å². The van der Waals surface area contributed by atoms with Crippen molar-refractivity contribution in [2.45, 2.75) is 45.4 Å². The summed E-state index contributed by atoms with van der Waals surface area (Å²) in [6.07, 6.45) is 2.41. The zero-order chi connectivity index (χ0) is 22.2. The Balaban J connectivity index is 1.67. The van der Waals surface area contributed by atoms with Crippen molar-refractivity contribution in [1.82, 2.24) is 19.7 Å². The van der Waals surface area contributed by atoms with E-state index in [0.29, 0.717) is 17.3 Å². The second-order valence-electron chi connectivity index (χ2n) is 8.56. The highest BCUT2D eigenvalue weighted by Gasteiger charge is 2.24. The molecule has 3 N–H and O–H groups in total. The summed E-state index contributed by atoms with van der Waals surface area (Å²) in [6, 6.07) is 8.41. The molecule has 0 aliphatic heterocycles. The Kier molecular flexibility index (Phi) is 5.26. The molecule has 1 aliphatic carbocycles. The maximum atomic E-state index is 12.7. The van der Waals surface area contributed by atoms with E-state index in [1.54, 1.807) is 37.4 Å². The van der Waals surface area contributed by atoms with Gasteiger partial charge in [-0.2, -0.15) is 9.78 Å². The van der Waals surface area contributed by atoms with Crippen molar-refractivity contribution >= 4 is 17.5 Å². The number of nitrogens with one attached hydrogen (secondary N) is 3. The van der Waals surface area contributed by atoms with Crippen LogP contribution in [0.1, 0.15) is 44.1 Å². The molecule has 31 heavy (non-hydrogen) atoms. The average molecular weight is 422 g/mol. The van der Waals surface area contributed by atoms with Crippen LogP contribution in [-0.4, -0.2) is 32.9 Å². The van der Waals surface area contributed by atoms with Crippen molar-refractivity contribution in [2.24, 2.45) is 0 Å². The first-order chi connectivity index (χ1) is 14.7. The second-order valence-corrected chi connectivity index (χ2v) is 8.56. The summed E-state index contributed by atoms with van der Waals surface area (Å²) in [6.45, 7) is 6.08. The van der Waals surface area contributed by atoms with Gasteiger partial charge in [0.1, 0.15) is 11.6 Å². The smallest absolute Gasteiger partial charge is 0.324 e. The molecule has 0 saturated heterocycles. The number of urea groups is 1. The maximum Gasteiger partial charge on any atom is 0.324 e. The normalized spacial score (nSPS) is 13.0. The number of benzene rings is 1. The van der Waals surface area contributed by atoms with Crippen molar-refractivity contribution in [3.63, 3.8) is 0 Å². The molecule has 2 amide bonds. The van der Waals surface area contributed by atoms with Gasteiger partial charge in [0.15, 0.2) is 0 Å². The summed E-state index contributed by atoms with van der Waals surface area (Å²) in [5, 5.41) is 10.2. The van der Waals surface area contributed by atoms with E-state index in [-0.39, 0.29) is 16.9 Å². The number of nitrogens with zero attached hydrogens (tertiary/aromatic N) is 3. The SMILES string of the molecule is COc1cccc(NC(=O)Nc2cc(C(C)(C)C)nn2-c2nc3c(c(=O)[nH]2)CCC3)c1. The summed E-state index contributed by atoms with van der Waals surface area (Å²) < 4.78 is 6.67. The summed E-state index contributed by atoms with van der Waals surface area (Å²) in [4.78, 5) is 32.6. The molecule has 9 nitrogen and oxygen atoms in total. The van der Waals surface area contributed by atoms with E-state index in [1.807, 2.05) is 20.8 Å². The summed E-state index contributed by atoms with van der Waals surface area (Å²) in [5.41, 5.74) is 2.45.